The van der Waals surface area contributed by atoms with Crippen molar-refractivity contribution in [2.45, 2.75) is 37.8 Å². The van der Waals surface area contributed by atoms with E-state index in [-0.39, 0.29) is 5.54 Å². The monoisotopic (exact) mass is 186 g/mol. The number of hydrogen-bond donors (Lipinski definition) is 1. The molecule has 2 atom stereocenters. The van der Waals surface area contributed by atoms with Gasteiger partial charge in [-0.25, -0.2) is 0 Å². The Morgan fingerprint density at radius 1 is 1.54 bits per heavy atom. The van der Waals surface area contributed by atoms with Crippen LogP contribution in [0.5, 0.6) is 0 Å². The molecule has 1 saturated heterocycles. The third-order valence-electron chi connectivity index (χ3n) is 3.31. The van der Waals surface area contributed by atoms with Crippen LogP contribution < -0.4 is 5.73 Å². The second-order valence-electron chi connectivity index (χ2n) is 4.18. The highest BCUT2D eigenvalue weighted by Gasteiger charge is 2.36. The lowest BCUT2D eigenvalue weighted by molar-refractivity contribution is -0.0583. The lowest BCUT2D eigenvalue weighted by Crippen LogP contribution is -2.55. The predicted molar refractivity (Wildman–Crippen MR) is 54.7 cm³/mol. The zero-order chi connectivity index (χ0) is 9.90. The van der Waals surface area contributed by atoms with Gasteiger partial charge >= 0.3 is 0 Å². The predicted octanol–water partition coefficient (Wildman–Crippen LogP) is 0.834. The van der Waals surface area contributed by atoms with Crippen LogP contribution in [0.1, 0.15) is 26.2 Å². The first-order valence-electron chi connectivity index (χ1n) is 5.13. The quantitative estimate of drug-likeness (QED) is 0.709. The maximum atomic E-state index is 5.86. The van der Waals surface area contributed by atoms with Crippen molar-refractivity contribution in [3.63, 3.8) is 0 Å². The highest BCUT2D eigenvalue weighted by Crippen LogP contribution is 2.29. The SMILES string of the molecule is CCC1CC(CN)(N(C)C)CCO1. The van der Waals surface area contributed by atoms with Gasteiger partial charge in [-0.1, -0.05) is 6.92 Å². The van der Waals surface area contributed by atoms with Gasteiger partial charge in [-0.2, -0.15) is 0 Å². The molecular weight excluding hydrogens is 164 g/mol. The third-order valence-corrected chi connectivity index (χ3v) is 3.31. The van der Waals surface area contributed by atoms with Crippen molar-refractivity contribution in [1.82, 2.24) is 4.90 Å². The summed E-state index contributed by atoms with van der Waals surface area (Å²) >= 11 is 0. The first kappa shape index (κ1) is 11.0. The van der Waals surface area contributed by atoms with Gasteiger partial charge in [0.1, 0.15) is 0 Å². The first-order valence-corrected chi connectivity index (χ1v) is 5.13. The van der Waals surface area contributed by atoms with Crippen molar-refractivity contribution in [3.05, 3.63) is 0 Å². The van der Waals surface area contributed by atoms with E-state index in [1.54, 1.807) is 0 Å². The fourth-order valence-electron chi connectivity index (χ4n) is 2.04. The summed E-state index contributed by atoms with van der Waals surface area (Å²) in [7, 11) is 4.23. The van der Waals surface area contributed by atoms with Crippen molar-refractivity contribution < 1.29 is 4.74 Å². The van der Waals surface area contributed by atoms with E-state index in [1.807, 2.05) is 0 Å². The Balaban J connectivity index is 2.64. The van der Waals surface area contributed by atoms with Crippen LogP contribution in [0.3, 0.4) is 0 Å². The Bertz CT molecular complexity index is 161. The fraction of sp³-hybridized carbons (Fsp3) is 1.00. The summed E-state index contributed by atoms with van der Waals surface area (Å²) in [6.45, 7) is 3.76. The van der Waals surface area contributed by atoms with Gasteiger partial charge in [0.2, 0.25) is 0 Å². The summed E-state index contributed by atoms with van der Waals surface area (Å²) in [5.74, 6) is 0. The van der Waals surface area contributed by atoms with Gasteiger partial charge < -0.3 is 15.4 Å². The normalized spacial score (nSPS) is 35.3. The Morgan fingerprint density at radius 3 is 2.69 bits per heavy atom. The molecule has 13 heavy (non-hydrogen) atoms. The molecule has 0 amide bonds. The molecule has 0 spiro atoms. The van der Waals surface area contributed by atoms with Crippen LogP contribution in [0.25, 0.3) is 0 Å². The van der Waals surface area contributed by atoms with Crippen molar-refractivity contribution in [3.8, 4) is 0 Å². The molecule has 0 aromatic rings. The van der Waals surface area contributed by atoms with E-state index < -0.39 is 0 Å². The molecule has 2 unspecified atom stereocenters. The number of nitrogens with two attached hydrogens (primary N) is 1. The van der Waals surface area contributed by atoms with Crippen molar-refractivity contribution in [1.29, 1.82) is 0 Å². The van der Waals surface area contributed by atoms with Crippen molar-refractivity contribution in [2.75, 3.05) is 27.2 Å². The first-order chi connectivity index (χ1) is 6.14. The second kappa shape index (κ2) is 4.40. The Morgan fingerprint density at radius 2 is 2.23 bits per heavy atom. The number of ether oxygens (including phenoxy) is 1. The molecular formula is C10H22N2O. The van der Waals surface area contributed by atoms with Crippen LogP contribution >= 0.6 is 0 Å². The van der Waals surface area contributed by atoms with E-state index in [4.69, 9.17) is 10.5 Å². The van der Waals surface area contributed by atoms with Crippen LogP contribution in [-0.2, 0) is 4.74 Å². The largest absolute Gasteiger partial charge is 0.378 e. The molecule has 0 aromatic heterocycles. The third kappa shape index (κ3) is 2.22. The maximum Gasteiger partial charge on any atom is 0.0590 e. The van der Waals surface area contributed by atoms with Gasteiger partial charge in [0.25, 0.3) is 0 Å². The van der Waals surface area contributed by atoms with Crippen LogP contribution in [-0.4, -0.2) is 43.8 Å². The standard InChI is InChI=1S/C10H22N2O/c1-4-9-7-10(8-11,12(2)3)5-6-13-9/h9H,4-8,11H2,1-3H3. The molecule has 0 aromatic carbocycles. The Labute approximate surface area is 81.2 Å². The highest BCUT2D eigenvalue weighted by atomic mass is 16.5. The van der Waals surface area contributed by atoms with E-state index in [0.717, 1.165) is 32.4 Å². The fourth-order valence-corrected chi connectivity index (χ4v) is 2.04. The average molecular weight is 186 g/mol. The van der Waals surface area contributed by atoms with Gasteiger partial charge in [-0.3, -0.25) is 0 Å². The zero-order valence-corrected chi connectivity index (χ0v) is 9.05. The van der Waals surface area contributed by atoms with E-state index >= 15 is 0 Å². The van der Waals surface area contributed by atoms with Gasteiger partial charge in [0.15, 0.2) is 0 Å². The second-order valence-corrected chi connectivity index (χ2v) is 4.18. The number of rotatable bonds is 3. The minimum absolute atomic E-state index is 0.179. The molecule has 3 nitrogen and oxygen atoms in total. The van der Waals surface area contributed by atoms with E-state index in [9.17, 15) is 0 Å². The van der Waals surface area contributed by atoms with E-state index in [1.165, 1.54) is 0 Å². The summed E-state index contributed by atoms with van der Waals surface area (Å²) in [5, 5.41) is 0. The van der Waals surface area contributed by atoms with Crippen LogP contribution in [0, 0.1) is 0 Å². The summed E-state index contributed by atoms with van der Waals surface area (Å²) < 4.78 is 5.65. The van der Waals surface area contributed by atoms with E-state index in [0.29, 0.717) is 6.10 Å². The average Bonchev–Trinajstić information content (AvgIpc) is 2.17. The summed E-state index contributed by atoms with van der Waals surface area (Å²) in [6.07, 6.45) is 3.63. The summed E-state index contributed by atoms with van der Waals surface area (Å²) in [6, 6.07) is 0. The Kier molecular flexibility index (Phi) is 3.71. The molecule has 1 rings (SSSR count). The minimum Gasteiger partial charge on any atom is -0.378 e. The molecule has 1 fully saturated rings. The number of nitrogens with zero attached hydrogens (tertiary/aromatic N) is 1. The van der Waals surface area contributed by atoms with Gasteiger partial charge in [-0.15, -0.1) is 0 Å². The number of likely N-dealkylation sites (N-methyl/N-ethyl adjacent to an activating group) is 1. The Hall–Kier alpha value is -0.120. The summed E-state index contributed by atoms with van der Waals surface area (Å²) in [4.78, 5) is 2.26. The molecule has 1 aliphatic rings. The molecule has 0 aliphatic carbocycles. The minimum atomic E-state index is 0.179. The van der Waals surface area contributed by atoms with Gasteiger partial charge in [-0.05, 0) is 33.4 Å². The molecule has 3 heteroatoms. The van der Waals surface area contributed by atoms with Crippen LogP contribution in [0.4, 0.5) is 0 Å². The molecule has 2 N–H and O–H groups in total. The smallest absolute Gasteiger partial charge is 0.0590 e. The molecule has 0 saturated carbocycles. The van der Waals surface area contributed by atoms with Crippen LogP contribution in [0.15, 0.2) is 0 Å². The molecule has 1 heterocycles. The summed E-state index contributed by atoms with van der Waals surface area (Å²) in [5.41, 5.74) is 6.04. The van der Waals surface area contributed by atoms with Gasteiger partial charge in [0, 0.05) is 18.7 Å². The number of hydrogen-bond acceptors (Lipinski definition) is 3. The van der Waals surface area contributed by atoms with Gasteiger partial charge in [0.05, 0.1) is 6.10 Å². The molecule has 78 valence electrons. The molecule has 1 aliphatic heterocycles. The highest BCUT2D eigenvalue weighted by molar-refractivity contribution is 4.93. The van der Waals surface area contributed by atoms with Crippen molar-refractivity contribution >= 4 is 0 Å². The lowest BCUT2D eigenvalue weighted by Gasteiger charge is -2.44. The zero-order valence-electron chi connectivity index (χ0n) is 9.05. The lowest BCUT2D eigenvalue weighted by atomic mass is 9.85. The topological polar surface area (TPSA) is 38.5 Å². The molecule has 0 radical (unpaired) electrons. The molecule has 0 bridgehead atoms. The maximum absolute atomic E-state index is 5.86. The van der Waals surface area contributed by atoms with Crippen molar-refractivity contribution in [2.24, 2.45) is 5.73 Å². The van der Waals surface area contributed by atoms with Crippen LogP contribution in [0.2, 0.25) is 0 Å². The van der Waals surface area contributed by atoms with E-state index in [2.05, 4.69) is 25.9 Å².